The fourth-order valence-corrected chi connectivity index (χ4v) is 2.07. The third-order valence-corrected chi connectivity index (χ3v) is 3.61. The van der Waals surface area contributed by atoms with Gasteiger partial charge in [-0.2, -0.15) is 0 Å². The molecule has 1 aliphatic carbocycles. The first-order valence-electron chi connectivity index (χ1n) is 5.51. The lowest BCUT2D eigenvalue weighted by Gasteiger charge is -2.41. The van der Waals surface area contributed by atoms with Gasteiger partial charge in [-0.25, -0.2) is 0 Å². The first kappa shape index (κ1) is 9.47. The quantitative estimate of drug-likeness (QED) is 0.717. The Hall–Kier alpha value is -0.0800. The van der Waals surface area contributed by atoms with E-state index in [1.54, 1.807) is 0 Å². The van der Waals surface area contributed by atoms with Crippen molar-refractivity contribution in [2.24, 2.45) is 11.3 Å². The van der Waals surface area contributed by atoms with Gasteiger partial charge in [0.2, 0.25) is 0 Å². The third kappa shape index (κ3) is 2.05. The minimum absolute atomic E-state index is 0.429. The normalized spacial score (nSPS) is 29.1. The van der Waals surface area contributed by atoms with E-state index >= 15 is 0 Å². The van der Waals surface area contributed by atoms with Gasteiger partial charge in [0, 0.05) is 18.0 Å². The Balaban J connectivity index is 1.66. The second-order valence-electron chi connectivity index (χ2n) is 5.16. The molecular weight excluding hydrogens is 162 g/mol. The molecule has 0 aromatic carbocycles. The van der Waals surface area contributed by atoms with Crippen molar-refractivity contribution in [1.29, 1.82) is 0 Å². The Morgan fingerprint density at radius 2 is 2.15 bits per heavy atom. The van der Waals surface area contributed by atoms with Crippen LogP contribution in [0.2, 0.25) is 0 Å². The Morgan fingerprint density at radius 3 is 2.54 bits per heavy atom. The van der Waals surface area contributed by atoms with Gasteiger partial charge >= 0.3 is 0 Å². The first-order chi connectivity index (χ1) is 6.20. The topological polar surface area (TPSA) is 21.3 Å². The molecule has 1 saturated carbocycles. The third-order valence-electron chi connectivity index (χ3n) is 3.61. The molecule has 1 unspecified atom stereocenters. The predicted molar refractivity (Wildman–Crippen MR) is 53.7 cm³/mol. The molecule has 2 rings (SSSR count). The molecule has 1 N–H and O–H groups in total. The number of rotatable bonds is 4. The Morgan fingerprint density at radius 1 is 1.46 bits per heavy atom. The number of ether oxygens (including phenoxy) is 1. The monoisotopic (exact) mass is 183 g/mol. The van der Waals surface area contributed by atoms with Crippen molar-refractivity contribution in [3.8, 4) is 0 Å². The van der Waals surface area contributed by atoms with Crippen molar-refractivity contribution < 1.29 is 4.74 Å². The highest BCUT2D eigenvalue weighted by molar-refractivity contribution is 4.86. The van der Waals surface area contributed by atoms with Gasteiger partial charge in [-0.1, -0.05) is 13.3 Å². The van der Waals surface area contributed by atoms with E-state index in [0.717, 1.165) is 25.7 Å². The lowest BCUT2D eigenvalue weighted by Crippen LogP contribution is -2.50. The number of hydrogen-bond acceptors (Lipinski definition) is 2. The Kier molecular flexibility index (Phi) is 2.61. The molecule has 0 bridgehead atoms. The lowest BCUT2D eigenvalue weighted by molar-refractivity contribution is -0.101. The molecule has 1 aliphatic heterocycles. The molecule has 1 atom stereocenters. The molecule has 2 fully saturated rings. The zero-order valence-electron chi connectivity index (χ0n) is 8.81. The van der Waals surface area contributed by atoms with Crippen LogP contribution in [-0.2, 0) is 4.74 Å². The lowest BCUT2D eigenvalue weighted by atomic mass is 9.79. The predicted octanol–water partition coefficient (Wildman–Crippen LogP) is 1.80. The maximum atomic E-state index is 5.23. The van der Waals surface area contributed by atoms with Crippen molar-refractivity contribution >= 4 is 0 Å². The van der Waals surface area contributed by atoms with Crippen LogP contribution in [0.5, 0.6) is 0 Å². The minimum Gasteiger partial charge on any atom is -0.380 e. The highest BCUT2D eigenvalue weighted by Gasteiger charge is 2.34. The molecule has 13 heavy (non-hydrogen) atoms. The minimum atomic E-state index is 0.429. The van der Waals surface area contributed by atoms with Crippen molar-refractivity contribution in [3.05, 3.63) is 0 Å². The second-order valence-corrected chi connectivity index (χ2v) is 5.16. The SMILES string of the molecule is CC(NCC1(C)COC1)C1CCC1. The van der Waals surface area contributed by atoms with Crippen LogP contribution in [0.4, 0.5) is 0 Å². The van der Waals surface area contributed by atoms with Gasteiger partial charge in [0.25, 0.3) is 0 Å². The smallest absolute Gasteiger partial charge is 0.0554 e. The van der Waals surface area contributed by atoms with Crippen molar-refractivity contribution in [1.82, 2.24) is 5.32 Å². The molecule has 0 aromatic rings. The van der Waals surface area contributed by atoms with Gasteiger partial charge in [-0.15, -0.1) is 0 Å². The van der Waals surface area contributed by atoms with E-state index in [1.807, 2.05) is 0 Å². The van der Waals surface area contributed by atoms with Crippen LogP contribution < -0.4 is 5.32 Å². The molecule has 0 amide bonds. The highest BCUT2D eigenvalue weighted by atomic mass is 16.5. The summed E-state index contributed by atoms with van der Waals surface area (Å²) in [6.45, 7) is 7.64. The molecule has 2 nitrogen and oxygen atoms in total. The van der Waals surface area contributed by atoms with Crippen molar-refractivity contribution in [2.45, 2.75) is 39.2 Å². The number of nitrogens with one attached hydrogen (secondary N) is 1. The largest absolute Gasteiger partial charge is 0.380 e. The summed E-state index contributed by atoms with van der Waals surface area (Å²) in [7, 11) is 0. The zero-order valence-corrected chi connectivity index (χ0v) is 8.81. The van der Waals surface area contributed by atoms with Crippen LogP contribution in [0.15, 0.2) is 0 Å². The highest BCUT2D eigenvalue weighted by Crippen LogP contribution is 2.30. The fraction of sp³-hybridized carbons (Fsp3) is 1.00. The van der Waals surface area contributed by atoms with E-state index in [0.29, 0.717) is 11.5 Å². The molecule has 2 aliphatic rings. The Labute approximate surface area is 81.0 Å². The first-order valence-corrected chi connectivity index (χ1v) is 5.51. The summed E-state index contributed by atoms with van der Waals surface area (Å²) in [4.78, 5) is 0. The van der Waals surface area contributed by atoms with Crippen LogP contribution in [0.3, 0.4) is 0 Å². The molecule has 0 radical (unpaired) electrons. The summed E-state index contributed by atoms with van der Waals surface area (Å²) in [6.07, 6.45) is 4.31. The molecule has 1 heterocycles. The van der Waals surface area contributed by atoms with Crippen LogP contribution >= 0.6 is 0 Å². The van der Waals surface area contributed by atoms with Gasteiger partial charge in [0.1, 0.15) is 0 Å². The summed E-state index contributed by atoms with van der Waals surface area (Å²) >= 11 is 0. The molecule has 0 aromatic heterocycles. The molecular formula is C11H21NO. The van der Waals surface area contributed by atoms with Crippen LogP contribution in [0.1, 0.15) is 33.1 Å². The molecule has 1 saturated heterocycles. The molecule has 2 heteroatoms. The number of hydrogen-bond donors (Lipinski definition) is 1. The van der Waals surface area contributed by atoms with Crippen LogP contribution in [-0.4, -0.2) is 25.8 Å². The van der Waals surface area contributed by atoms with Crippen LogP contribution in [0.25, 0.3) is 0 Å². The van der Waals surface area contributed by atoms with Gasteiger partial charge in [0.15, 0.2) is 0 Å². The van der Waals surface area contributed by atoms with E-state index < -0.39 is 0 Å². The summed E-state index contributed by atoms with van der Waals surface area (Å²) in [5.74, 6) is 0.949. The average molecular weight is 183 g/mol. The summed E-state index contributed by atoms with van der Waals surface area (Å²) < 4.78 is 5.23. The molecule has 0 spiro atoms. The van der Waals surface area contributed by atoms with Gasteiger partial charge < -0.3 is 10.1 Å². The zero-order chi connectivity index (χ0) is 9.31. The fourth-order valence-electron chi connectivity index (χ4n) is 2.07. The van der Waals surface area contributed by atoms with Gasteiger partial charge in [-0.3, -0.25) is 0 Å². The standard InChI is InChI=1S/C11H21NO/c1-9(10-4-3-5-10)12-6-11(2)7-13-8-11/h9-10,12H,3-8H2,1-2H3. The summed E-state index contributed by atoms with van der Waals surface area (Å²) in [6, 6.07) is 0.714. The van der Waals surface area contributed by atoms with Gasteiger partial charge in [-0.05, 0) is 25.7 Å². The van der Waals surface area contributed by atoms with Gasteiger partial charge in [0.05, 0.1) is 13.2 Å². The Bertz CT molecular complexity index is 173. The maximum Gasteiger partial charge on any atom is 0.0554 e. The van der Waals surface area contributed by atoms with E-state index in [4.69, 9.17) is 4.74 Å². The average Bonchev–Trinajstić information content (AvgIpc) is 1.94. The van der Waals surface area contributed by atoms with E-state index in [9.17, 15) is 0 Å². The maximum absolute atomic E-state index is 5.23. The van der Waals surface area contributed by atoms with E-state index in [-0.39, 0.29) is 0 Å². The second kappa shape index (κ2) is 3.58. The van der Waals surface area contributed by atoms with Crippen LogP contribution in [0, 0.1) is 11.3 Å². The van der Waals surface area contributed by atoms with E-state index in [1.165, 1.54) is 19.3 Å². The summed E-state index contributed by atoms with van der Waals surface area (Å²) in [5.41, 5.74) is 0.429. The summed E-state index contributed by atoms with van der Waals surface area (Å²) in [5, 5.41) is 3.65. The molecule has 76 valence electrons. The van der Waals surface area contributed by atoms with Crippen molar-refractivity contribution in [3.63, 3.8) is 0 Å². The van der Waals surface area contributed by atoms with E-state index in [2.05, 4.69) is 19.2 Å². The van der Waals surface area contributed by atoms with Crippen molar-refractivity contribution in [2.75, 3.05) is 19.8 Å².